The highest BCUT2D eigenvalue weighted by atomic mass is 16.6. The summed E-state index contributed by atoms with van der Waals surface area (Å²) in [6, 6.07) is 1.56. The molecule has 2 heterocycles. The average Bonchev–Trinajstić information content (AvgIpc) is 2.98. The van der Waals surface area contributed by atoms with Gasteiger partial charge in [-0.25, -0.2) is 0 Å². The van der Waals surface area contributed by atoms with Gasteiger partial charge in [-0.1, -0.05) is 0 Å². The van der Waals surface area contributed by atoms with Crippen LogP contribution in [0.15, 0.2) is 12.1 Å². The lowest BCUT2D eigenvalue weighted by molar-refractivity contribution is -0.166. The van der Waals surface area contributed by atoms with E-state index in [1.54, 1.807) is 21.3 Å². The molecule has 2 bridgehead atoms. The maximum Gasteiger partial charge on any atom is 0.217 e. The van der Waals surface area contributed by atoms with Crippen LogP contribution in [-0.4, -0.2) is 64.0 Å². The van der Waals surface area contributed by atoms with E-state index in [0.717, 1.165) is 16.7 Å². The Morgan fingerprint density at radius 2 is 1.90 bits per heavy atom. The zero-order valence-corrected chi connectivity index (χ0v) is 17.9. The van der Waals surface area contributed by atoms with E-state index in [1.807, 2.05) is 12.1 Å². The van der Waals surface area contributed by atoms with Gasteiger partial charge >= 0.3 is 0 Å². The molecule has 1 amide bonds. The van der Waals surface area contributed by atoms with Gasteiger partial charge in [0.1, 0.15) is 17.8 Å². The van der Waals surface area contributed by atoms with Crippen LogP contribution in [0.1, 0.15) is 30.9 Å². The first-order valence-electron chi connectivity index (χ1n) is 9.95. The number of Topliss-reactive ketones (excluding diaryl/α,β-unsaturated/α-hetero) is 1. The van der Waals surface area contributed by atoms with E-state index in [9.17, 15) is 9.59 Å². The predicted octanol–water partition coefficient (Wildman–Crippen LogP) is 1.67. The SMILES string of the molecule is COc1cc2c(c(OC)c1OC)C1=C[C@H]3O[C@@]1(CC(=O)[C@H]3OC)[C@@H](NC(C)=O)CC2. The van der Waals surface area contributed by atoms with Crippen LogP contribution < -0.4 is 19.5 Å². The lowest BCUT2D eigenvalue weighted by Crippen LogP contribution is -2.59. The molecule has 4 rings (SSSR count). The Balaban J connectivity index is 1.97. The average molecular weight is 417 g/mol. The van der Waals surface area contributed by atoms with E-state index in [4.69, 9.17) is 23.7 Å². The van der Waals surface area contributed by atoms with Crippen LogP contribution in [0, 0.1) is 0 Å². The fourth-order valence-electron chi connectivity index (χ4n) is 5.09. The minimum Gasteiger partial charge on any atom is -0.493 e. The largest absolute Gasteiger partial charge is 0.493 e. The molecule has 0 radical (unpaired) electrons. The van der Waals surface area contributed by atoms with Gasteiger partial charge < -0.3 is 29.0 Å². The van der Waals surface area contributed by atoms with Gasteiger partial charge in [-0.2, -0.15) is 0 Å². The summed E-state index contributed by atoms with van der Waals surface area (Å²) in [4.78, 5) is 25.0. The fourth-order valence-corrected chi connectivity index (χ4v) is 5.09. The molecule has 1 aliphatic carbocycles. The number of hydrogen-bond donors (Lipinski definition) is 1. The van der Waals surface area contributed by atoms with Crippen molar-refractivity contribution in [3.8, 4) is 17.2 Å². The second kappa shape index (κ2) is 7.59. The molecule has 162 valence electrons. The number of nitrogens with one attached hydrogen (secondary N) is 1. The Kier molecular flexibility index (Phi) is 5.23. The molecule has 8 nitrogen and oxygen atoms in total. The van der Waals surface area contributed by atoms with Crippen LogP contribution in [0.2, 0.25) is 0 Å². The molecule has 8 heteroatoms. The summed E-state index contributed by atoms with van der Waals surface area (Å²) in [5.41, 5.74) is 1.65. The monoisotopic (exact) mass is 417 g/mol. The number of fused-ring (bicyclic) bond motifs is 3. The van der Waals surface area contributed by atoms with Gasteiger partial charge in [0.25, 0.3) is 0 Å². The first-order valence-corrected chi connectivity index (χ1v) is 9.95. The Morgan fingerprint density at radius 1 is 1.17 bits per heavy atom. The highest BCUT2D eigenvalue weighted by Gasteiger charge is 2.59. The van der Waals surface area contributed by atoms with E-state index < -0.39 is 17.8 Å². The summed E-state index contributed by atoms with van der Waals surface area (Å²) in [6.07, 6.45) is 2.07. The lowest BCUT2D eigenvalue weighted by atomic mass is 9.79. The number of rotatable bonds is 5. The van der Waals surface area contributed by atoms with Crippen molar-refractivity contribution < 1.29 is 33.3 Å². The van der Waals surface area contributed by atoms with Gasteiger partial charge in [-0.3, -0.25) is 9.59 Å². The highest BCUT2D eigenvalue weighted by molar-refractivity contribution is 5.95. The topological polar surface area (TPSA) is 92.3 Å². The maximum absolute atomic E-state index is 12.9. The molecule has 0 unspecified atom stereocenters. The van der Waals surface area contributed by atoms with E-state index in [0.29, 0.717) is 30.1 Å². The Hall–Kier alpha value is -2.58. The van der Waals surface area contributed by atoms with Crippen molar-refractivity contribution in [1.82, 2.24) is 5.32 Å². The Bertz CT molecular complexity index is 925. The Morgan fingerprint density at radius 3 is 2.50 bits per heavy atom. The summed E-state index contributed by atoms with van der Waals surface area (Å²) < 4.78 is 28.8. The van der Waals surface area contributed by atoms with Crippen molar-refractivity contribution >= 4 is 17.3 Å². The van der Waals surface area contributed by atoms with Crippen LogP contribution in [-0.2, 0) is 25.5 Å². The van der Waals surface area contributed by atoms with Gasteiger partial charge in [-0.05, 0) is 36.1 Å². The maximum atomic E-state index is 12.9. The summed E-state index contributed by atoms with van der Waals surface area (Å²) in [5.74, 6) is 1.35. The van der Waals surface area contributed by atoms with E-state index in [2.05, 4.69) is 5.32 Å². The van der Waals surface area contributed by atoms with Gasteiger partial charge in [0.2, 0.25) is 11.7 Å². The minimum absolute atomic E-state index is 0.0433. The van der Waals surface area contributed by atoms with E-state index >= 15 is 0 Å². The molecule has 0 aromatic heterocycles. The normalized spacial score (nSPS) is 29.3. The molecule has 1 fully saturated rings. The highest BCUT2D eigenvalue weighted by Crippen LogP contribution is 2.56. The molecule has 1 N–H and O–H groups in total. The van der Waals surface area contributed by atoms with Gasteiger partial charge in [0, 0.05) is 26.0 Å². The summed E-state index contributed by atoms with van der Waals surface area (Å²) >= 11 is 0. The van der Waals surface area contributed by atoms with Crippen molar-refractivity contribution in [2.75, 3.05) is 28.4 Å². The summed E-state index contributed by atoms with van der Waals surface area (Å²) in [6.45, 7) is 1.47. The first kappa shape index (κ1) is 20.7. The number of ether oxygens (including phenoxy) is 5. The number of hydrogen-bond acceptors (Lipinski definition) is 7. The van der Waals surface area contributed by atoms with Crippen LogP contribution in [0.3, 0.4) is 0 Å². The van der Waals surface area contributed by atoms with Crippen LogP contribution in [0.4, 0.5) is 0 Å². The standard InChI is InChI=1S/C22H27NO7/c1-11(24)23-17-7-6-12-8-15(26-2)20(28-4)21(29-5)18(12)13-9-16-19(27-3)14(25)10-22(13,17)30-16/h8-9,16-17,19H,6-7,10H2,1-5H3,(H,23,24)/t16-,17+,19-,22-/m1/s1. The lowest BCUT2D eigenvalue weighted by Gasteiger charge is -2.43. The van der Waals surface area contributed by atoms with E-state index in [-0.39, 0.29) is 24.2 Å². The van der Waals surface area contributed by atoms with Crippen molar-refractivity contribution in [3.63, 3.8) is 0 Å². The second-order valence-electron chi connectivity index (χ2n) is 7.82. The summed E-state index contributed by atoms with van der Waals surface area (Å²) in [5, 5.41) is 3.02. The van der Waals surface area contributed by atoms with Gasteiger partial charge in [0.05, 0.1) is 27.4 Å². The van der Waals surface area contributed by atoms with Crippen molar-refractivity contribution in [2.24, 2.45) is 0 Å². The third-order valence-corrected chi connectivity index (χ3v) is 6.26. The molecule has 0 saturated carbocycles. The quantitative estimate of drug-likeness (QED) is 0.779. The zero-order valence-electron chi connectivity index (χ0n) is 17.9. The molecule has 1 aromatic carbocycles. The van der Waals surface area contributed by atoms with Gasteiger partial charge in [0.15, 0.2) is 17.3 Å². The molecule has 1 spiro atoms. The summed E-state index contributed by atoms with van der Waals surface area (Å²) in [7, 11) is 6.22. The molecule has 30 heavy (non-hydrogen) atoms. The number of benzene rings is 1. The smallest absolute Gasteiger partial charge is 0.217 e. The Labute approximate surface area is 175 Å². The molecule has 2 aliphatic heterocycles. The molecule has 1 saturated heterocycles. The van der Waals surface area contributed by atoms with Crippen LogP contribution in [0.5, 0.6) is 17.2 Å². The number of ketones is 1. The molecule has 4 atom stereocenters. The third-order valence-electron chi connectivity index (χ3n) is 6.26. The molecular weight excluding hydrogens is 390 g/mol. The first-order chi connectivity index (χ1) is 14.4. The van der Waals surface area contributed by atoms with Gasteiger partial charge in [-0.15, -0.1) is 0 Å². The number of carbonyl (C=O) groups excluding carboxylic acids is 2. The fraction of sp³-hybridized carbons (Fsp3) is 0.545. The molecule has 1 aromatic rings. The predicted molar refractivity (Wildman–Crippen MR) is 108 cm³/mol. The third kappa shape index (κ3) is 2.89. The molecule has 3 aliphatic rings. The number of aryl methyl sites for hydroxylation is 1. The second-order valence-corrected chi connectivity index (χ2v) is 7.82. The molecular formula is C22H27NO7. The van der Waals surface area contributed by atoms with Crippen molar-refractivity contribution in [2.45, 2.75) is 50.0 Å². The van der Waals surface area contributed by atoms with Crippen molar-refractivity contribution in [1.29, 1.82) is 0 Å². The van der Waals surface area contributed by atoms with E-state index in [1.165, 1.54) is 14.0 Å². The number of carbonyl (C=O) groups is 2. The van der Waals surface area contributed by atoms with Crippen LogP contribution in [0.25, 0.3) is 5.57 Å². The minimum atomic E-state index is -0.986. The van der Waals surface area contributed by atoms with Crippen LogP contribution >= 0.6 is 0 Å². The van der Waals surface area contributed by atoms with Crippen molar-refractivity contribution in [3.05, 3.63) is 23.3 Å². The zero-order chi connectivity index (χ0) is 21.6. The number of amides is 1. The number of methoxy groups -OCH3 is 4.